The van der Waals surface area contributed by atoms with Gasteiger partial charge in [0.15, 0.2) is 0 Å². The summed E-state index contributed by atoms with van der Waals surface area (Å²) < 4.78 is 4.66. The maximum absolute atomic E-state index is 11.4. The summed E-state index contributed by atoms with van der Waals surface area (Å²) in [7, 11) is 1.36. The average Bonchev–Trinajstić information content (AvgIpc) is 2.48. The van der Waals surface area contributed by atoms with E-state index in [1.165, 1.54) is 7.11 Å². The highest BCUT2D eigenvalue weighted by Gasteiger charge is 2.37. The van der Waals surface area contributed by atoms with Gasteiger partial charge < -0.3 is 9.84 Å². The third-order valence-electron chi connectivity index (χ3n) is 3.25. The summed E-state index contributed by atoms with van der Waals surface area (Å²) in [5, 5.41) is 10.1. The molecule has 0 unspecified atom stereocenters. The molecule has 86 valence electrons. The van der Waals surface area contributed by atoms with Crippen LogP contribution in [0.1, 0.15) is 41.4 Å². The number of aliphatic hydroxyl groups is 1. The molecule has 1 N–H and O–H groups in total. The number of benzene rings is 1. The van der Waals surface area contributed by atoms with E-state index < -0.39 is 6.10 Å². The molecule has 1 aliphatic rings. The smallest absolute Gasteiger partial charge is 0.337 e. The number of hydrogen-bond acceptors (Lipinski definition) is 3. The fraction of sp³-hybridized carbons (Fsp3) is 0.462. The lowest BCUT2D eigenvalue weighted by Crippen LogP contribution is -2.16. The number of carbonyl (C=O) groups excluding carboxylic acids is 1. The highest BCUT2D eigenvalue weighted by molar-refractivity contribution is 5.89. The van der Waals surface area contributed by atoms with Gasteiger partial charge in [0.1, 0.15) is 0 Å². The van der Waals surface area contributed by atoms with Gasteiger partial charge in [-0.3, -0.25) is 0 Å². The number of methoxy groups -OCH3 is 1. The maximum Gasteiger partial charge on any atom is 0.337 e. The fourth-order valence-electron chi connectivity index (χ4n) is 2.26. The first-order valence-electron chi connectivity index (χ1n) is 5.35. The van der Waals surface area contributed by atoms with Crippen molar-refractivity contribution < 1.29 is 14.6 Å². The Balaban J connectivity index is 2.43. The van der Waals surface area contributed by atoms with Gasteiger partial charge in [0.25, 0.3) is 0 Å². The Hall–Kier alpha value is -1.35. The van der Waals surface area contributed by atoms with E-state index in [2.05, 4.69) is 4.74 Å². The van der Waals surface area contributed by atoms with Crippen LogP contribution in [-0.2, 0) is 11.2 Å². The van der Waals surface area contributed by atoms with Crippen molar-refractivity contribution in [3.63, 3.8) is 0 Å². The SMILES string of the molecule is COC(=O)c1ccc2c(c1)[C@H](O)C(C)(C)C2. The van der Waals surface area contributed by atoms with Crippen LogP contribution in [0.15, 0.2) is 18.2 Å². The predicted molar refractivity (Wildman–Crippen MR) is 60.2 cm³/mol. The van der Waals surface area contributed by atoms with Gasteiger partial charge in [0.05, 0.1) is 18.8 Å². The number of aliphatic hydroxyl groups excluding tert-OH is 1. The van der Waals surface area contributed by atoms with Crippen LogP contribution in [0.5, 0.6) is 0 Å². The Bertz CT molecular complexity index is 435. The van der Waals surface area contributed by atoms with Gasteiger partial charge in [-0.2, -0.15) is 0 Å². The first-order chi connectivity index (χ1) is 7.45. The van der Waals surface area contributed by atoms with E-state index in [1.807, 2.05) is 19.9 Å². The molecule has 0 saturated heterocycles. The highest BCUT2D eigenvalue weighted by Crippen LogP contribution is 2.45. The van der Waals surface area contributed by atoms with Gasteiger partial charge in [-0.05, 0) is 35.1 Å². The second-order valence-electron chi connectivity index (χ2n) is 4.97. The van der Waals surface area contributed by atoms with Gasteiger partial charge in [-0.15, -0.1) is 0 Å². The number of hydrogen-bond donors (Lipinski definition) is 1. The van der Waals surface area contributed by atoms with Gasteiger partial charge in [0, 0.05) is 0 Å². The molecule has 0 heterocycles. The average molecular weight is 220 g/mol. The first-order valence-corrected chi connectivity index (χ1v) is 5.35. The Morgan fingerprint density at radius 2 is 2.19 bits per heavy atom. The molecule has 0 aromatic heterocycles. The molecule has 1 atom stereocenters. The van der Waals surface area contributed by atoms with Crippen molar-refractivity contribution in [1.29, 1.82) is 0 Å². The second-order valence-corrected chi connectivity index (χ2v) is 4.97. The zero-order valence-corrected chi connectivity index (χ0v) is 9.78. The van der Waals surface area contributed by atoms with Gasteiger partial charge in [-0.25, -0.2) is 4.79 Å². The maximum atomic E-state index is 11.4. The molecule has 3 heteroatoms. The third kappa shape index (κ3) is 1.61. The summed E-state index contributed by atoms with van der Waals surface area (Å²) in [6, 6.07) is 5.39. The predicted octanol–water partition coefficient (Wildman–Crippen LogP) is 2.09. The molecule has 0 aliphatic heterocycles. The Kier molecular flexibility index (Phi) is 2.50. The second kappa shape index (κ2) is 3.59. The van der Waals surface area contributed by atoms with Crippen molar-refractivity contribution in [1.82, 2.24) is 0 Å². The fourth-order valence-corrected chi connectivity index (χ4v) is 2.26. The number of esters is 1. The first kappa shape index (κ1) is 11.1. The van der Waals surface area contributed by atoms with E-state index in [9.17, 15) is 9.90 Å². The van der Waals surface area contributed by atoms with Crippen LogP contribution in [0.3, 0.4) is 0 Å². The van der Waals surface area contributed by atoms with E-state index in [0.29, 0.717) is 5.56 Å². The molecule has 1 aliphatic carbocycles. The normalized spacial score (nSPS) is 21.6. The molecule has 0 fully saturated rings. The monoisotopic (exact) mass is 220 g/mol. The van der Waals surface area contributed by atoms with E-state index in [0.717, 1.165) is 17.5 Å². The largest absolute Gasteiger partial charge is 0.465 e. The van der Waals surface area contributed by atoms with Crippen LogP contribution in [0.2, 0.25) is 0 Å². The van der Waals surface area contributed by atoms with Crippen molar-refractivity contribution in [3.05, 3.63) is 34.9 Å². The summed E-state index contributed by atoms with van der Waals surface area (Å²) in [6.45, 7) is 4.05. The van der Waals surface area contributed by atoms with Crippen LogP contribution in [0, 0.1) is 5.41 Å². The molecular formula is C13H16O3. The van der Waals surface area contributed by atoms with Crippen molar-refractivity contribution in [2.75, 3.05) is 7.11 Å². The van der Waals surface area contributed by atoms with Gasteiger partial charge in [-0.1, -0.05) is 19.9 Å². The molecule has 0 saturated carbocycles. The summed E-state index contributed by atoms with van der Waals surface area (Å²) in [4.78, 5) is 11.4. The van der Waals surface area contributed by atoms with Crippen LogP contribution >= 0.6 is 0 Å². The van der Waals surface area contributed by atoms with Crippen molar-refractivity contribution in [2.45, 2.75) is 26.4 Å². The van der Waals surface area contributed by atoms with Crippen molar-refractivity contribution in [3.8, 4) is 0 Å². The van der Waals surface area contributed by atoms with Crippen LogP contribution in [0.25, 0.3) is 0 Å². The minimum atomic E-state index is -0.507. The van der Waals surface area contributed by atoms with Crippen LogP contribution in [-0.4, -0.2) is 18.2 Å². The molecule has 0 bridgehead atoms. The minimum Gasteiger partial charge on any atom is -0.465 e. The van der Waals surface area contributed by atoms with E-state index in [-0.39, 0.29) is 11.4 Å². The van der Waals surface area contributed by atoms with Crippen LogP contribution in [0.4, 0.5) is 0 Å². The highest BCUT2D eigenvalue weighted by atomic mass is 16.5. The number of carbonyl (C=O) groups is 1. The topological polar surface area (TPSA) is 46.5 Å². The van der Waals surface area contributed by atoms with Crippen LogP contribution < -0.4 is 0 Å². The Morgan fingerprint density at radius 3 is 2.81 bits per heavy atom. The minimum absolute atomic E-state index is 0.156. The molecular weight excluding hydrogens is 204 g/mol. The van der Waals surface area contributed by atoms with E-state index in [4.69, 9.17) is 0 Å². The number of ether oxygens (including phenoxy) is 1. The standard InChI is InChI=1S/C13H16O3/c1-13(2)7-9-5-4-8(12(15)16-3)6-10(9)11(13)14/h4-6,11,14H,7H2,1-3H3/t11-/m0/s1. The van der Waals surface area contributed by atoms with E-state index >= 15 is 0 Å². The van der Waals surface area contributed by atoms with Gasteiger partial charge >= 0.3 is 5.97 Å². The number of rotatable bonds is 1. The lowest BCUT2D eigenvalue weighted by atomic mass is 9.87. The third-order valence-corrected chi connectivity index (χ3v) is 3.25. The zero-order chi connectivity index (χ0) is 11.9. The molecule has 1 aromatic rings. The summed E-state index contributed by atoms with van der Waals surface area (Å²) in [5.41, 5.74) is 2.31. The lowest BCUT2D eigenvalue weighted by Gasteiger charge is -2.22. The molecule has 0 spiro atoms. The van der Waals surface area contributed by atoms with Gasteiger partial charge in [0.2, 0.25) is 0 Å². The van der Waals surface area contributed by atoms with Crippen molar-refractivity contribution >= 4 is 5.97 Å². The molecule has 1 aromatic carbocycles. The molecule has 3 nitrogen and oxygen atoms in total. The summed E-state index contributed by atoms with van der Waals surface area (Å²) >= 11 is 0. The summed E-state index contributed by atoms with van der Waals surface area (Å²) in [6.07, 6.45) is 0.331. The summed E-state index contributed by atoms with van der Waals surface area (Å²) in [5.74, 6) is -0.361. The van der Waals surface area contributed by atoms with E-state index in [1.54, 1.807) is 12.1 Å². The van der Waals surface area contributed by atoms with Crippen molar-refractivity contribution in [2.24, 2.45) is 5.41 Å². The quantitative estimate of drug-likeness (QED) is 0.737. The zero-order valence-electron chi connectivity index (χ0n) is 9.78. The lowest BCUT2D eigenvalue weighted by molar-refractivity contribution is 0.0596. The molecule has 16 heavy (non-hydrogen) atoms. The molecule has 0 radical (unpaired) electrons. The number of fused-ring (bicyclic) bond motifs is 1. The molecule has 2 rings (SSSR count). The molecule has 0 amide bonds. The Morgan fingerprint density at radius 1 is 1.50 bits per heavy atom. The Labute approximate surface area is 95.0 Å².